The molecular formula is C26H49N11O7. The number of rotatable bonds is 9. The summed E-state index contributed by atoms with van der Waals surface area (Å²) in [5.41, 5.74) is 22.1. The van der Waals surface area contributed by atoms with E-state index in [2.05, 4.69) is 36.9 Å². The van der Waals surface area contributed by atoms with E-state index in [1.165, 1.54) is 6.92 Å². The monoisotopic (exact) mass is 627 g/mol. The highest BCUT2D eigenvalue weighted by Gasteiger charge is 2.28. The molecule has 1 aliphatic rings. The van der Waals surface area contributed by atoms with Gasteiger partial charge < -0.3 is 59.6 Å². The lowest BCUT2D eigenvalue weighted by atomic mass is 10.0. The number of ether oxygens (including phenoxy) is 1. The molecule has 0 bridgehead atoms. The SMILES string of the molecule is C[C@H]1NC(=O)CCNC(=O)CNC(=O)[C@H](N=C(N)N)CCOCNC(=O)[C@H](CCCCN)NC(=O)[C@H](CCCCN)NC1=O. The fourth-order valence-corrected chi connectivity index (χ4v) is 4.08. The van der Waals surface area contributed by atoms with Gasteiger partial charge in [-0.15, -0.1) is 0 Å². The highest BCUT2D eigenvalue weighted by atomic mass is 16.5. The van der Waals surface area contributed by atoms with Crippen molar-refractivity contribution in [1.82, 2.24) is 31.9 Å². The largest absolute Gasteiger partial charge is 0.370 e. The molecule has 14 N–H and O–H groups in total. The second kappa shape index (κ2) is 21.6. The minimum Gasteiger partial charge on any atom is -0.370 e. The van der Waals surface area contributed by atoms with Crippen molar-refractivity contribution in [3.8, 4) is 0 Å². The average Bonchev–Trinajstić information content (AvgIpc) is 2.97. The Labute approximate surface area is 256 Å². The summed E-state index contributed by atoms with van der Waals surface area (Å²) >= 11 is 0. The predicted molar refractivity (Wildman–Crippen MR) is 161 cm³/mol. The summed E-state index contributed by atoms with van der Waals surface area (Å²) in [5.74, 6) is -3.77. The van der Waals surface area contributed by atoms with E-state index in [-0.39, 0.29) is 51.5 Å². The molecular weight excluding hydrogens is 578 g/mol. The van der Waals surface area contributed by atoms with Crippen LogP contribution in [0.3, 0.4) is 0 Å². The van der Waals surface area contributed by atoms with Crippen LogP contribution in [-0.2, 0) is 33.5 Å². The van der Waals surface area contributed by atoms with Gasteiger partial charge in [-0.2, -0.15) is 0 Å². The van der Waals surface area contributed by atoms with Crippen LogP contribution < -0.4 is 54.8 Å². The third-order valence-electron chi connectivity index (χ3n) is 6.52. The average molecular weight is 628 g/mol. The first kappa shape index (κ1) is 38.0. The number of nitrogens with two attached hydrogens (primary N) is 4. The molecule has 1 fully saturated rings. The van der Waals surface area contributed by atoms with E-state index in [1.807, 2.05) is 0 Å². The highest BCUT2D eigenvalue weighted by molar-refractivity contribution is 5.94. The quantitative estimate of drug-likeness (QED) is 0.0659. The molecule has 250 valence electrons. The summed E-state index contributed by atoms with van der Waals surface area (Å²) in [6.07, 6.45) is 2.74. The van der Waals surface area contributed by atoms with Crippen molar-refractivity contribution in [2.75, 3.05) is 39.5 Å². The first-order chi connectivity index (χ1) is 21.0. The van der Waals surface area contributed by atoms with Crippen molar-refractivity contribution in [3.05, 3.63) is 0 Å². The lowest BCUT2D eigenvalue weighted by Crippen LogP contribution is -2.56. The van der Waals surface area contributed by atoms with Gasteiger partial charge in [-0.25, -0.2) is 4.99 Å². The number of hydrogen-bond acceptors (Lipinski definition) is 10. The van der Waals surface area contributed by atoms with E-state index in [1.54, 1.807) is 0 Å². The molecule has 4 atom stereocenters. The molecule has 1 rings (SSSR count). The number of carbonyl (C=O) groups excluding carboxylic acids is 6. The number of carbonyl (C=O) groups is 6. The summed E-state index contributed by atoms with van der Waals surface area (Å²) in [5, 5.41) is 15.4. The van der Waals surface area contributed by atoms with E-state index in [9.17, 15) is 28.8 Å². The Hall–Kier alpha value is -4.03. The summed E-state index contributed by atoms with van der Waals surface area (Å²) < 4.78 is 5.45. The minimum absolute atomic E-state index is 0.0282. The Morgan fingerprint density at radius 3 is 2.00 bits per heavy atom. The number of amides is 6. The number of nitrogens with one attached hydrogen (secondary N) is 6. The first-order valence-electron chi connectivity index (χ1n) is 14.8. The molecule has 0 saturated carbocycles. The molecule has 18 nitrogen and oxygen atoms in total. The van der Waals surface area contributed by atoms with Gasteiger partial charge in [0, 0.05) is 19.4 Å². The van der Waals surface area contributed by atoms with Crippen molar-refractivity contribution < 1.29 is 33.5 Å². The molecule has 1 heterocycles. The van der Waals surface area contributed by atoms with E-state index in [0.29, 0.717) is 38.8 Å². The molecule has 1 aliphatic heterocycles. The van der Waals surface area contributed by atoms with Crippen molar-refractivity contribution in [3.63, 3.8) is 0 Å². The van der Waals surface area contributed by atoms with Gasteiger partial charge in [-0.1, -0.05) is 0 Å². The Bertz CT molecular complexity index is 991. The zero-order chi connectivity index (χ0) is 32.9. The summed E-state index contributed by atoms with van der Waals surface area (Å²) in [7, 11) is 0. The van der Waals surface area contributed by atoms with Crippen LogP contribution in [0.4, 0.5) is 0 Å². The Morgan fingerprint density at radius 2 is 1.39 bits per heavy atom. The van der Waals surface area contributed by atoms with Crippen LogP contribution in [0, 0.1) is 0 Å². The first-order valence-corrected chi connectivity index (χ1v) is 14.8. The van der Waals surface area contributed by atoms with E-state index in [4.69, 9.17) is 27.7 Å². The second-order valence-corrected chi connectivity index (χ2v) is 10.3. The molecule has 0 aliphatic carbocycles. The molecule has 0 aromatic carbocycles. The van der Waals surface area contributed by atoms with Gasteiger partial charge in [0.25, 0.3) is 0 Å². The Morgan fingerprint density at radius 1 is 0.773 bits per heavy atom. The lowest BCUT2D eigenvalue weighted by Gasteiger charge is -2.24. The third-order valence-corrected chi connectivity index (χ3v) is 6.52. The number of aliphatic imine (C=N–C) groups is 1. The second-order valence-electron chi connectivity index (χ2n) is 10.3. The third kappa shape index (κ3) is 16.0. The topological polar surface area (TPSA) is 300 Å². The molecule has 1 saturated heterocycles. The van der Waals surface area contributed by atoms with Gasteiger partial charge >= 0.3 is 0 Å². The zero-order valence-corrected chi connectivity index (χ0v) is 25.3. The van der Waals surface area contributed by atoms with Gasteiger partial charge in [0.2, 0.25) is 35.4 Å². The number of guanidine groups is 1. The van der Waals surface area contributed by atoms with Crippen molar-refractivity contribution >= 4 is 41.4 Å². The maximum absolute atomic E-state index is 13.3. The molecule has 6 amide bonds. The number of nitrogens with zero attached hydrogens (tertiary/aromatic N) is 1. The molecule has 0 aromatic heterocycles. The van der Waals surface area contributed by atoms with Crippen molar-refractivity contribution in [1.29, 1.82) is 0 Å². The maximum atomic E-state index is 13.3. The number of hydrogen-bond donors (Lipinski definition) is 10. The predicted octanol–water partition coefficient (Wildman–Crippen LogP) is -4.52. The maximum Gasteiger partial charge on any atom is 0.245 e. The lowest BCUT2D eigenvalue weighted by molar-refractivity contribution is -0.134. The van der Waals surface area contributed by atoms with Gasteiger partial charge in [0.05, 0.1) is 13.2 Å². The fourth-order valence-electron chi connectivity index (χ4n) is 4.08. The van der Waals surface area contributed by atoms with Crippen LogP contribution in [-0.4, -0.2) is 105 Å². The zero-order valence-electron chi connectivity index (χ0n) is 25.3. The Kier molecular flexibility index (Phi) is 18.7. The molecule has 0 radical (unpaired) electrons. The highest BCUT2D eigenvalue weighted by Crippen LogP contribution is 2.06. The summed E-state index contributed by atoms with van der Waals surface area (Å²) in [6, 6.07) is -4.01. The van der Waals surface area contributed by atoms with Crippen LogP contribution in [0.15, 0.2) is 4.99 Å². The molecule has 18 heteroatoms. The number of unbranched alkanes of at least 4 members (excludes halogenated alkanes) is 2. The van der Waals surface area contributed by atoms with Crippen LogP contribution in [0.1, 0.15) is 58.3 Å². The van der Waals surface area contributed by atoms with Crippen LogP contribution in [0.25, 0.3) is 0 Å². The van der Waals surface area contributed by atoms with Crippen LogP contribution in [0.2, 0.25) is 0 Å². The van der Waals surface area contributed by atoms with Crippen LogP contribution in [0.5, 0.6) is 0 Å². The Balaban J connectivity index is 3.13. The smallest absolute Gasteiger partial charge is 0.245 e. The normalized spacial score (nSPS) is 24.1. The minimum atomic E-state index is -1.07. The van der Waals surface area contributed by atoms with Crippen molar-refractivity contribution in [2.45, 2.75) is 82.5 Å². The van der Waals surface area contributed by atoms with Crippen molar-refractivity contribution in [2.24, 2.45) is 27.9 Å². The van der Waals surface area contributed by atoms with Gasteiger partial charge in [0.1, 0.15) is 30.9 Å². The van der Waals surface area contributed by atoms with Gasteiger partial charge in [-0.05, 0) is 58.5 Å². The fraction of sp³-hybridized carbons (Fsp3) is 0.731. The standard InChI is InChI=1S/C26H49N11O7/c1-16-22(40)35-18(7-3-5-11-28)25(43)36-17(6-2-4-10-27)24(42)33-15-44-13-9-19(37-26(29)30)23(41)32-14-21(39)31-12-8-20(38)34-16/h16-19H,2-15,27-28H2,1H3,(H,31,39)(H,32,41)(H,33,42)(H,34,38)(H,35,40)(H,36,43)(H4,29,30,37)/t16-,17+,18+,19-/m1/s1. The molecule has 44 heavy (non-hydrogen) atoms. The molecule has 0 spiro atoms. The van der Waals surface area contributed by atoms with E-state index < -0.39 is 66.2 Å². The molecule has 0 unspecified atom stereocenters. The van der Waals surface area contributed by atoms with E-state index in [0.717, 1.165) is 0 Å². The van der Waals surface area contributed by atoms with Gasteiger partial charge in [-0.3, -0.25) is 28.8 Å². The summed E-state index contributed by atoms with van der Waals surface area (Å²) in [4.78, 5) is 80.1. The van der Waals surface area contributed by atoms with E-state index >= 15 is 0 Å². The summed E-state index contributed by atoms with van der Waals surface area (Å²) in [6.45, 7) is 1.52. The molecule has 0 aromatic rings. The van der Waals surface area contributed by atoms with Crippen LogP contribution >= 0.6 is 0 Å². The van der Waals surface area contributed by atoms with Gasteiger partial charge in [0.15, 0.2) is 5.96 Å².